The number of rotatable bonds is 4. The third kappa shape index (κ3) is 4.69. The molecule has 8 heteroatoms. The van der Waals surface area contributed by atoms with Crippen LogP contribution in [0.4, 0.5) is 23.2 Å². The number of nitrogens with zero attached hydrogens (tertiary/aromatic N) is 1. The van der Waals surface area contributed by atoms with Gasteiger partial charge in [0.25, 0.3) is 0 Å². The average Bonchev–Trinajstić information content (AvgIpc) is 2.62. The molecule has 4 nitrogen and oxygen atoms in total. The van der Waals surface area contributed by atoms with Gasteiger partial charge in [-0.25, -0.2) is 9.18 Å². The second-order valence-electron chi connectivity index (χ2n) is 6.35. The number of aromatic carboxylic acids is 1. The normalized spacial score (nSPS) is 15.6. The van der Waals surface area contributed by atoms with Crippen LogP contribution >= 0.6 is 0 Å². The summed E-state index contributed by atoms with van der Waals surface area (Å²) in [5, 5.41) is 8.94. The zero-order chi connectivity index (χ0) is 19.6. The lowest BCUT2D eigenvalue weighted by molar-refractivity contribution is -0.274. The van der Waals surface area contributed by atoms with Gasteiger partial charge in [-0.3, -0.25) is 0 Å². The lowest BCUT2D eigenvalue weighted by Gasteiger charge is -2.34. The van der Waals surface area contributed by atoms with Gasteiger partial charge in [0.05, 0.1) is 11.3 Å². The number of carboxylic acids is 1. The van der Waals surface area contributed by atoms with E-state index in [1.54, 1.807) is 29.2 Å². The first kappa shape index (κ1) is 19.0. The van der Waals surface area contributed by atoms with Gasteiger partial charge in [-0.15, -0.1) is 13.2 Å². The molecule has 0 radical (unpaired) electrons. The monoisotopic (exact) mass is 383 g/mol. The van der Waals surface area contributed by atoms with Gasteiger partial charge in [0, 0.05) is 19.2 Å². The van der Waals surface area contributed by atoms with Crippen LogP contribution in [-0.2, 0) is 0 Å². The molecule has 1 fully saturated rings. The fraction of sp³-hybridized carbons (Fsp3) is 0.316. The van der Waals surface area contributed by atoms with Crippen molar-refractivity contribution < 1.29 is 32.2 Å². The number of anilines is 1. The van der Waals surface area contributed by atoms with E-state index in [4.69, 9.17) is 5.11 Å². The quantitative estimate of drug-likeness (QED) is 0.770. The lowest BCUT2D eigenvalue weighted by Crippen LogP contribution is -2.33. The van der Waals surface area contributed by atoms with E-state index in [0.29, 0.717) is 25.9 Å². The molecule has 1 aliphatic rings. The third-order valence-corrected chi connectivity index (χ3v) is 4.62. The summed E-state index contributed by atoms with van der Waals surface area (Å²) in [7, 11) is 0. The second kappa shape index (κ2) is 7.46. The summed E-state index contributed by atoms with van der Waals surface area (Å²) in [4.78, 5) is 12.6. The van der Waals surface area contributed by atoms with Gasteiger partial charge in [0.15, 0.2) is 0 Å². The first-order valence-electron chi connectivity index (χ1n) is 8.36. The molecule has 0 atom stereocenters. The zero-order valence-corrected chi connectivity index (χ0v) is 14.2. The van der Waals surface area contributed by atoms with Crippen LogP contribution in [0.25, 0.3) is 0 Å². The minimum absolute atomic E-state index is 0.0800. The highest BCUT2D eigenvalue weighted by Crippen LogP contribution is 2.34. The Morgan fingerprint density at radius 2 is 1.70 bits per heavy atom. The van der Waals surface area contributed by atoms with Crippen molar-refractivity contribution >= 4 is 11.7 Å². The minimum Gasteiger partial charge on any atom is -0.478 e. The average molecular weight is 383 g/mol. The Kier molecular flexibility index (Phi) is 5.25. The lowest BCUT2D eigenvalue weighted by atomic mass is 9.89. The molecule has 144 valence electrons. The topological polar surface area (TPSA) is 49.8 Å². The van der Waals surface area contributed by atoms with E-state index < -0.39 is 23.9 Å². The molecule has 0 saturated carbocycles. The maximum atomic E-state index is 14.1. The van der Waals surface area contributed by atoms with Gasteiger partial charge in [-0.05, 0) is 48.6 Å². The van der Waals surface area contributed by atoms with E-state index >= 15 is 0 Å². The Morgan fingerprint density at radius 3 is 2.26 bits per heavy atom. The summed E-state index contributed by atoms with van der Waals surface area (Å²) in [6.45, 7) is 0.940. The van der Waals surface area contributed by atoms with Gasteiger partial charge < -0.3 is 14.7 Å². The molecular formula is C19H17F4NO3. The van der Waals surface area contributed by atoms with Gasteiger partial charge in [-0.1, -0.05) is 12.1 Å². The van der Waals surface area contributed by atoms with E-state index in [1.807, 2.05) is 0 Å². The number of hydrogen-bond donors (Lipinski definition) is 1. The van der Waals surface area contributed by atoms with Crippen LogP contribution in [-0.4, -0.2) is 30.5 Å². The fourth-order valence-corrected chi connectivity index (χ4v) is 3.28. The van der Waals surface area contributed by atoms with Crippen LogP contribution < -0.4 is 9.64 Å². The van der Waals surface area contributed by atoms with Crippen molar-refractivity contribution in [1.82, 2.24) is 0 Å². The first-order chi connectivity index (χ1) is 12.7. The molecule has 2 aromatic rings. The Hall–Kier alpha value is -2.77. The number of alkyl halides is 3. The van der Waals surface area contributed by atoms with Gasteiger partial charge in [0.1, 0.15) is 11.6 Å². The van der Waals surface area contributed by atoms with Crippen molar-refractivity contribution in [2.75, 3.05) is 18.0 Å². The van der Waals surface area contributed by atoms with E-state index in [-0.39, 0.29) is 17.2 Å². The zero-order valence-electron chi connectivity index (χ0n) is 14.2. The highest BCUT2D eigenvalue weighted by molar-refractivity contribution is 5.87. The van der Waals surface area contributed by atoms with Gasteiger partial charge in [-0.2, -0.15) is 0 Å². The van der Waals surface area contributed by atoms with Crippen LogP contribution in [0.2, 0.25) is 0 Å². The Bertz CT molecular complexity index is 813. The van der Waals surface area contributed by atoms with Crippen LogP contribution in [0.1, 0.15) is 34.7 Å². The standard InChI is InChI=1S/C19H17F4NO3/c20-16-6-5-15(27-19(21,22)23)11-17(16)24-9-7-13(8-10-24)12-1-3-14(4-2-12)18(25)26/h1-6,11,13H,7-10H2,(H,25,26). The molecule has 0 unspecified atom stereocenters. The molecule has 1 N–H and O–H groups in total. The second-order valence-corrected chi connectivity index (χ2v) is 6.35. The van der Waals surface area contributed by atoms with Gasteiger partial charge in [0.2, 0.25) is 0 Å². The molecule has 0 amide bonds. The maximum Gasteiger partial charge on any atom is 0.573 e. The van der Waals surface area contributed by atoms with Crippen molar-refractivity contribution in [2.24, 2.45) is 0 Å². The molecule has 1 saturated heterocycles. The number of carbonyl (C=O) groups is 1. The number of hydrogen-bond acceptors (Lipinski definition) is 3. The predicted octanol–water partition coefficient (Wildman–Crippen LogP) is 4.81. The van der Waals surface area contributed by atoms with Crippen molar-refractivity contribution in [3.05, 3.63) is 59.4 Å². The molecule has 3 rings (SSSR count). The summed E-state index contributed by atoms with van der Waals surface area (Å²) in [5.41, 5.74) is 1.28. The predicted molar refractivity (Wildman–Crippen MR) is 90.7 cm³/mol. The van der Waals surface area contributed by atoms with Crippen LogP contribution in [0.5, 0.6) is 5.75 Å². The molecule has 0 aromatic heterocycles. The minimum atomic E-state index is -4.83. The first-order valence-corrected chi connectivity index (χ1v) is 8.36. The molecule has 0 spiro atoms. The Balaban J connectivity index is 1.68. The summed E-state index contributed by atoms with van der Waals surface area (Å²) < 4.78 is 55.1. The highest BCUT2D eigenvalue weighted by atomic mass is 19.4. The number of piperidine rings is 1. The number of carboxylic acid groups (broad SMARTS) is 1. The van der Waals surface area contributed by atoms with E-state index in [9.17, 15) is 22.4 Å². The fourth-order valence-electron chi connectivity index (χ4n) is 3.28. The van der Waals surface area contributed by atoms with Crippen molar-refractivity contribution in [3.63, 3.8) is 0 Å². The van der Waals surface area contributed by atoms with Gasteiger partial charge >= 0.3 is 12.3 Å². The molecule has 0 bridgehead atoms. The highest BCUT2D eigenvalue weighted by Gasteiger charge is 2.32. The van der Waals surface area contributed by atoms with Crippen molar-refractivity contribution in [1.29, 1.82) is 0 Å². The summed E-state index contributed by atoms with van der Waals surface area (Å²) >= 11 is 0. The number of halogens is 4. The van der Waals surface area contributed by atoms with E-state index in [2.05, 4.69) is 4.74 Å². The van der Waals surface area contributed by atoms with Crippen LogP contribution in [0.15, 0.2) is 42.5 Å². The number of ether oxygens (including phenoxy) is 1. The number of benzene rings is 2. The molecule has 0 aliphatic carbocycles. The summed E-state index contributed by atoms with van der Waals surface area (Å²) in [6, 6.07) is 9.59. The largest absolute Gasteiger partial charge is 0.573 e. The van der Waals surface area contributed by atoms with Crippen LogP contribution in [0.3, 0.4) is 0 Å². The summed E-state index contributed by atoms with van der Waals surface area (Å²) in [6.07, 6.45) is -3.48. The van der Waals surface area contributed by atoms with Crippen molar-refractivity contribution in [3.8, 4) is 5.75 Å². The Morgan fingerprint density at radius 1 is 1.07 bits per heavy atom. The SMILES string of the molecule is O=C(O)c1ccc(C2CCN(c3cc(OC(F)(F)F)ccc3F)CC2)cc1. The molecule has 1 aliphatic heterocycles. The van der Waals surface area contributed by atoms with Crippen molar-refractivity contribution in [2.45, 2.75) is 25.1 Å². The molecule has 27 heavy (non-hydrogen) atoms. The third-order valence-electron chi connectivity index (χ3n) is 4.62. The molecule has 1 heterocycles. The summed E-state index contributed by atoms with van der Waals surface area (Å²) in [5.74, 6) is -1.87. The van der Waals surface area contributed by atoms with E-state index in [0.717, 1.165) is 23.8 Å². The van der Waals surface area contributed by atoms with E-state index in [1.165, 1.54) is 0 Å². The molecule has 2 aromatic carbocycles. The smallest absolute Gasteiger partial charge is 0.478 e. The Labute approximate surface area is 153 Å². The van der Waals surface area contributed by atoms with Crippen LogP contribution in [0, 0.1) is 5.82 Å². The maximum absolute atomic E-state index is 14.1. The molecular weight excluding hydrogens is 366 g/mol.